The molecule has 0 aliphatic carbocycles. The van der Waals surface area contributed by atoms with Gasteiger partial charge in [0.15, 0.2) is 0 Å². The van der Waals surface area contributed by atoms with Crippen LogP contribution in [-0.4, -0.2) is 33.2 Å². The zero-order chi connectivity index (χ0) is 24.2. The highest BCUT2D eigenvalue weighted by molar-refractivity contribution is 5.71. The van der Waals surface area contributed by atoms with E-state index in [0.717, 1.165) is 5.56 Å². The van der Waals surface area contributed by atoms with Crippen molar-refractivity contribution in [3.8, 4) is 0 Å². The largest absolute Gasteiger partial charge is 0.481 e. The van der Waals surface area contributed by atoms with Crippen molar-refractivity contribution in [3.63, 3.8) is 0 Å². The van der Waals surface area contributed by atoms with Gasteiger partial charge in [0.05, 0.1) is 30.6 Å². The number of hydrogen-bond donors (Lipinski definition) is 4. The third kappa shape index (κ3) is 9.88. The number of benzene rings is 3. The van der Waals surface area contributed by atoms with Gasteiger partial charge in [-0.15, -0.1) is 0 Å². The second-order valence-corrected chi connectivity index (χ2v) is 6.99. The summed E-state index contributed by atoms with van der Waals surface area (Å²) >= 11 is 0. The summed E-state index contributed by atoms with van der Waals surface area (Å²) < 4.78 is 0. The van der Waals surface area contributed by atoms with Crippen LogP contribution < -0.4 is 5.73 Å². The lowest BCUT2D eigenvalue weighted by atomic mass is 10.1. The number of nitrogens with two attached hydrogens (primary N) is 1. The fourth-order valence-corrected chi connectivity index (χ4v) is 2.64. The molecule has 3 aromatic carbocycles. The molecule has 0 saturated heterocycles. The van der Waals surface area contributed by atoms with Gasteiger partial charge in [-0.05, 0) is 53.1 Å². The third-order valence-electron chi connectivity index (χ3n) is 4.20. The predicted octanol–water partition coefficient (Wildman–Crippen LogP) is 4.25. The van der Waals surface area contributed by atoms with E-state index in [1.807, 2.05) is 0 Å². The minimum Gasteiger partial charge on any atom is -0.481 e. The first-order valence-electron chi connectivity index (χ1n) is 9.80. The standard InChI is InChI=1S/C16H14N2O4.C8H9NO2/c19-15(20)9-11-1-5-13(6-2-11)17-18-14-7-3-12(4-8-14)10-16(21)22;9-7-3-1-6(2-4-7)5-8(10)11/h1-8H,9-10H2,(H,19,20)(H,21,22);1-4H,5,9H2,(H,10,11). The number of anilines is 1. The Labute approximate surface area is 189 Å². The van der Waals surface area contributed by atoms with Gasteiger partial charge in [0.1, 0.15) is 0 Å². The van der Waals surface area contributed by atoms with Crippen LogP contribution in [0.1, 0.15) is 16.7 Å². The van der Waals surface area contributed by atoms with E-state index < -0.39 is 17.9 Å². The summed E-state index contributed by atoms with van der Waals surface area (Å²) in [6.07, 6.45) is 0.00516. The summed E-state index contributed by atoms with van der Waals surface area (Å²) in [5, 5.41) is 33.9. The topological polar surface area (TPSA) is 163 Å². The number of carbonyl (C=O) groups is 3. The summed E-state index contributed by atoms with van der Waals surface area (Å²) in [4.78, 5) is 31.4. The van der Waals surface area contributed by atoms with E-state index in [1.165, 1.54) is 0 Å². The molecule has 0 amide bonds. The SMILES string of the molecule is Nc1ccc(CC(=O)O)cc1.O=C(O)Cc1ccc(N=Nc2ccc(CC(=O)O)cc2)cc1. The zero-order valence-corrected chi connectivity index (χ0v) is 17.6. The molecule has 0 aliphatic rings. The highest BCUT2D eigenvalue weighted by Gasteiger charge is 2.01. The van der Waals surface area contributed by atoms with Gasteiger partial charge >= 0.3 is 17.9 Å². The van der Waals surface area contributed by atoms with Crippen LogP contribution in [0.4, 0.5) is 17.1 Å². The van der Waals surface area contributed by atoms with Crippen LogP contribution in [0.25, 0.3) is 0 Å². The summed E-state index contributed by atoms with van der Waals surface area (Å²) in [5.74, 6) is -2.58. The van der Waals surface area contributed by atoms with Gasteiger partial charge in [0, 0.05) is 5.69 Å². The van der Waals surface area contributed by atoms with Crippen LogP contribution in [0.2, 0.25) is 0 Å². The van der Waals surface area contributed by atoms with E-state index in [4.69, 9.17) is 21.1 Å². The average molecular weight is 449 g/mol. The Morgan fingerprint density at radius 3 is 1.09 bits per heavy atom. The van der Waals surface area contributed by atoms with Gasteiger partial charge in [0.25, 0.3) is 0 Å². The van der Waals surface area contributed by atoms with Gasteiger partial charge in [-0.1, -0.05) is 36.4 Å². The molecular formula is C24H23N3O6. The molecule has 0 spiro atoms. The Hall–Kier alpha value is -4.53. The maximum Gasteiger partial charge on any atom is 0.307 e. The van der Waals surface area contributed by atoms with E-state index in [0.29, 0.717) is 28.2 Å². The molecule has 0 atom stereocenters. The maximum atomic E-state index is 10.6. The van der Waals surface area contributed by atoms with Crippen molar-refractivity contribution in [3.05, 3.63) is 89.5 Å². The first kappa shape index (κ1) is 24.7. The van der Waals surface area contributed by atoms with Crippen LogP contribution in [0.3, 0.4) is 0 Å². The van der Waals surface area contributed by atoms with E-state index in [1.54, 1.807) is 72.8 Å². The van der Waals surface area contributed by atoms with Crippen LogP contribution in [0, 0.1) is 0 Å². The van der Waals surface area contributed by atoms with Gasteiger partial charge in [0.2, 0.25) is 0 Å². The molecule has 0 aromatic heterocycles. The monoisotopic (exact) mass is 449 g/mol. The quantitative estimate of drug-likeness (QED) is 0.295. The molecule has 0 saturated carbocycles. The van der Waals surface area contributed by atoms with Crippen LogP contribution in [0.5, 0.6) is 0 Å². The second kappa shape index (κ2) is 12.4. The lowest BCUT2D eigenvalue weighted by molar-refractivity contribution is -0.137. The van der Waals surface area contributed by atoms with Gasteiger partial charge in [-0.25, -0.2) is 0 Å². The number of rotatable bonds is 8. The number of carboxylic acid groups (broad SMARTS) is 3. The summed E-state index contributed by atoms with van der Waals surface area (Å²) in [7, 11) is 0. The molecule has 9 nitrogen and oxygen atoms in total. The summed E-state index contributed by atoms with van der Waals surface area (Å²) in [5.41, 5.74) is 9.46. The molecule has 0 fully saturated rings. The minimum atomic E-state index is -0.879. The summed E-state index contributed by atoms with van der Waals surface area (Å²) in [6, 6.07) is 20.4. The van der Waals surface area contributed by atoms with Gasteiger partial charge in [-0.2, -0.15) is 10.2 Å². The maximum absolute atomic E-state index is 10.6. The van der Waals surface area contributed by atoms with Crippen molar-refractivity contribution in [1.29, 1.82) is 0 Å². The predicted molar refractivity (Wildman–Crippen MR) is 122 cm³/mol. The molecule has 0 unspecified atom stereocenters. The Morgan fingerprint density at radius 1 is 0.545 bits per heavy atom. The molecule has 9 heteroatoms. The number of nitrogens with zero attached hydrogens (tertiary/aromatic N) is 2. The lowest BCUT2D eigenvalue weighted by Crippen LogP contribution is -1.99. The molecule has 0 aliphatic heterocycles. The molecule has 0 heterocycles. The Morgan fingerprint density at radius 2 is 0.818 bits per heavy atom. The Bertz CT molecular complexity index is 1050. The van der Waals surface area contributed by atoms with Crippen LogP contribution in [0.15, 0.2) is 83.0 Å². The molecule has 0 bridgehead atoms. The van der Waals surface area contributed by atoms with Gasteiger partial charge < -0.3 is 21.1 Å². The molecule has 170 valence electrons. The highest BCUT2D eigenvalue weighted by Crippen LogP contribution is 2.19. The average Bonchev–Trinajstić information content (AvgIpc) is 2.75. The second-order valence-electron chi connectivity index (χ2n) is 6.99. The number of aliphatic carboxylic acids is 3. The molecule has 5 N–H and O–H groups in total. The number of carboxylic acids is 3. The fraction of sp³-hybridized carbons (Fsp3) is 0.125. The van der Waals surface area contributed by atoms with Crippen molar-refractivity contribution in [2.75, 3.05) is 5.73 Å². The first-order chi connectivity index (χ1) is 15.7. The van der Waals surface area contributed by atoms with Crippen molar-refractivity contribution in [2.45, 2.75) is 19.3 Å². The first-order valence-corrected chi connectivity index (χ1v) is 9.80. The third-order valence-corrected chi connectivity index (χ3v) is 4.20. The molecule has 3 rings (SSSR count). The van der Waals surface area contributed by atoms with Gasteiger partial charge in [-0.3, -0.25) is 14.4 Å². The van der Waals surface area contributed by atoms with Crippen LogP contribution >= 0.6 is 0 Å². The van der Waals surface area contributed by atoms with E-state index in [9.17, 15) is 14.4 Å². The number of hydrogen-bond acceptors (Lipinski definition) is 6. The zero-order valence-electron chi connectivity index (χ0n) is 17.6. The lowest BCUT2D eigenvalue weighted by Gasteiger charge is -1.98. The van der Waals surface area contributed by atoms with E-state index in [-0.39, 0.29) is 19.3 Å². The van der Waals surface area contributed by atoms with Crippen molar-refractivity contribution >= 4 is 35.0 Å². The molecule has 0 radical (unpaired) electrons. The van der Waals surface area contributed by atoms with Crippen molar-refractivity contribution in [1.82, 2.24) is 0 Å². The number of nitrogen functional groups attached to an aromatic ring is 1. The molecular weight excluding hydrogens is 426 g/mol. The Kier molecular flexibility index (Phi) is 9.26. The normalized spacial score (nSPS) is 10.3. The molecule has 3 aromatic rings. The summed E-state index contributed by atoms with van der Waals surface area (Å²) in [6.45, 7) is 0. The van der Waals surface area contributed by atoms with Crippen molar-refractivity contribution in [2.24, 2.45) is 10.2 Å². The number of azo groups is 1. The van der Waals surface area contributed by atoms with Crippen molar-refractivity contribution < 1.29 is 29.7 Å². The van der Waals surface area contributed by atoms with E-state index >= 15 is 0 Å². The molecule has 33 heavy (non-hydrogen) atoms. The minimum absolute atomic E-state index is 0.0253. The fourth-order valence-electron chi connectivity index (χ4n) is 2.64. The van der Waals surface area contributed by atoms with E-state index in [2.05, 4.69) is 10.2 Å². The van der Waals surface area contributed by atoms with Crippen LogP contribution in [-0.2, 0) is 33.6 Å². The Balaban J connectivity index is 0.000000294. The highest BCUT2D eigenvalue weighted by atomic mass is 16.4. The smallest absolute Gasteiger partial charge is 0.307 e.